The van der Waals surface area contributed by atoms with Crippen LogP contribution < -0.4 is 40.9 Å². The number of nitrogens with zero attached hydrogens (tertiary/aromatic N) is 24. The van der Waals surface area contributed by atoms with Gasteiger partial charge in [-0.2, -0.15) is 0 Å². The van der Waals surface area contributed by atoms with Gasteiger partial charge in [0.2, 0.25) is 40.1 Å². The lowest BCUT2D eigenvalue weighted by Gasteiger charge is -2.37. The molecule has 8 N–H and O–H groups in total. The van der Waals surface area contributed by atoms with Gasteiger partial charge in [-0.3, -0.25) is 0 Å². The number of hydrogen-bond acceptors (Lipinski definition) is 32. The van der Waals surface area contributed by atoms with Crippen LogP contribution in [0.2, 0.25) is 5.02 Å². The van der Waals surface area contributed by atoms with E-state index in [1.165, 1.54) is 54.6 Å². The van der Waals surface area contributed by atoms with E-state index >= 15 is 0 Å². The number of nitrogens with one attached hydrogen (secondary N) is 8. The molecule has 40 nitrogen and oxygen atoms in total. The average molecular weight is 1970 g/mol. The third kappa shape index (κ3) is 21.3. The largest absolute Gasteiger partial charge is 0.360 e. The summed E-state index contributed by atoms with van der Waals surface area (Å²) < 4.78 is 102. The highest BCUT2D eigenvalue weighted by Gasteiger charge is 2.35. The summed E-state index contributed by atoms with van der Waals surface area (Å²) in [5.74, 6) is 6.16. The number of H-pyrrole nitrogens is 4. The maximum atomic E-state index is 12.0. The summed E-state index contributed by atoms with van der Waals surface area (Å²) in [6.07, 6.45) is 23.5. The van der Waals surface area contributed by atoms with E-state index in [2.05, 4.69) is 230 Å². The van der Waals surface area contributed by atoms with Crippen LogP contribution in [0.4, 0.5) is 46.5 Å². The summed E-state index contributed by atoms with van der Waals surface area (Å²) in [6, 6.07) is 37.1. The van der Waals surface area contributed by atoms with E-state index in [0.717, 1.165) is 155 Å². The lowest BCUT2D eigenvalue weighted by molar-refractivity contribution is 0.316. The van der Waals surface area contributed by atoms with Crippen LogP contribution in [0.1, 0.15) is 132 Å². The molecule has 4 atom stereocenters. The molecule has 0 amide bonds. The molecule has 4 aromatic carbocycles. The lowest BCUT2D eigenvalue weighted by atomic mass is 10.0. The van der Waals surface area contributed by atoms with Crippen molar-refractivity contribution in [3.63, 3.8) is 0 Å². The van der Waals surface area contributed by atoms with Crippen molar-refractivity contribution in [2.45, 2.75) is 134 Å². The Kier molecular flexibility index (Phi) is 28.5. The van der Waals surface area contributed by atoms with Crippen LogP contribution >= 0.6 is 11.6 Å². The number of aryl methyl sites for hydroxylation is 1. The molecule has 16 heterocycles. The molecule has 12 aromatic heterocycles. The van der Waals surface area contributed by atoms with Crippen molar-refractivity contribution in [3.05, 3.63) is 193 Å². The number of pyridine rings is 4. The second-order valence-corrected chi connectivity index (χ2v) is 44.0. The number of benzene rings is 4. The first kappa shape index (κ1) is 96.7. The molecule has 0 spiro atoms. The van der Waals surface area contributed by atoms with Crippen LogP contribution in [0.5, 0.6) is 0 Å². The fourth-order valence-electron chi connectivity index (χ4n) is 18.6. The fraction of sp³-hybridized carbons (Fsp3) is 0.398. The van der Waals surface area contributed by atoms with E-state index in [9.17, 15) is 33.7 Å². The van der Waals surface area contributed by atoms with Crippen molar-refractivity contribution >= 4 is 186 Å². The lowest BCUT2D eigenvalue weighted by Crippen LogP contribution is -2.45. The van der Waals surface area contributed by atoms with Gasteiger partial charge in [-0.1, -0.05) is 90.5 Å². The highest BCUT2D eigenvalue weighted by Crippen LogP contribution is 2.41. The Hall–Kier alpha value is -13.0. The van der Waals surface area contributed by atoms with E-state index in [1.54, 1.807) is 38.2 Å². The van der Waals surface area contributed by atoms with Crippen LogP contribution in [-0.2, 0) is 40.1 Å². The van der Waals surface area contributed by atoms with Gasteiger partial charge in [0, 0.05) is 126 Å². The maximum absolute atomic E-state index is 12.0. The summed E-state index contributed by atoms with van der Waals surface area (Å²) in [7, 11) is -4.50. The van der Waals surface area contributed by atoms with Crippen LogP contribution in [0.25, 0.3) is 87.7 Å². The van der Waals surface area contributed by atoms with Crippen LogP contribution in [0.3, 0.4) is 0 Å². The zero-order valence-corrected chi connectivity index (χ0v) is 83.0. The second kappa shape index (κ2) is 40.6. The molecule has 724 valence electrons. The predicted octanol–water partition coefficient (Wildman–Crippen LogP) is 12.7. The molecule has 4 unspecified atom stereocenters. The molecule has 4 aliphatic rings. The van der Waals surface area contributed by atoms with E-state index in [0.29, 0.717) is 116 Å². The van der Waals surface area contributed by atoms with Gasteiger partial charge in [-0.15, -0.1) is 0 Å². The Morgan fingerprint density at radius 2 is 0.587 bits per heavy atom. The van der Waals surface area contributed by atoms with Gasteiger partial charge >= 0.3 is 0 Å². The van der Waals surface area contributed by atoms with E-state index in [-0.39, 0.29) is 48.3 Å². The van der Waals surface area contributed by atoms with Crippen molar-refractivity contribution in [1.29, 1.82) is 0 Å². The second-order valence-electron chi connectivity index (χ2n) is 35.7. The number of piperidine rings is 4. The summed E-state index contributed by atoms with van der Waals surface area (Å²) >= 11 is 6.64. The van der Waals surface area contributed by atoms with Crippen LogP contribution in [0, 0.1) is 6.92 Å². The SMILES string of the molecule is CC(Nc1ncnc2nc[nH]c12)c1cc2cccc(Cl)c2c(N(C)C2CCN(S(C)(=O)=O)CC2)n1.CC(Nc1ncnc2nc[nH]c12)c1cc2ccccc2c(N(C)C2CCN(S(C)(=O)=O)CC2)n1.CC(Nc1ncnc2nc[nH]c12)c1cc2ccccc2c(N(C)C2CCN(S(C)(=O)=O)CC2)n1.Cc1cccc2cc(C(C)Nc3ncnc4nc[nH]c34)nc(N(C)C3CCN(S(C)(=O)=O)CC3)c12. The minimum absolute atomic E-state index is 0.120. The molecule has 0 aliphatic carbocycles. The molecular formula is C93H113ClN32O8S4. The van der Waals surface area contributed by atoms with Gasteiger partial charge in [-0.25, -0.2) is 131 Å². The normalized spacial score (nSPS) is 16.6. The predicted molar refractivity (Wildman–Crippen MR) is 543 cm³/mol. The molecule has 0 saturated carbocycles. The van der Waals surface area contributed by atoms with Gasteiger partial charge in [0.05, 0.1) is 102 Å². The highest BCUT2D eigenvalue weighted by atomic mass is 35.5. The van der Waals surface area contributed by atoms with Crippen LogP contribution in [-0.4, -0.2) is 280 Å². The number of rotatable bonds is 24. The minimum Gasteiger partial charge on any atom is -0.360 e. The summed E-state index contributed by atoms with van der Waals surface area (Å²) in [5.41, 5.74) is 10.1. The third-order valence-corrected chi connectivity index (χ3v) is 32.1. The number of anilines is 8. The maximum Gasteiger partial charge on any atom is 0.211 e. The molecular weight excluding hydrogens is 1860 g/mol. The molecule has 0 bridgehead atoms. The number of sulfonamides is 4. The molecule has 45 heteroatoms. The Bertz CT molecular complexity index is 7160. The Labute approximate surface area is 805 Å². The summed E-state index contributed by atoms with van der Waals surface area (Å²) in [5, 5.41) is 22.9. The molecule has 16 aromatic rings. The number of aromatic nitrogens is 20. The number of imidazole rings is 4. The monoisotopic (exact) mass is 1970 g/mol. The number of hydrogen-bond donors (Lipinski definition) is 8. The summed E-state index contributed by atoms with van der Waals surface area (Å²) in [6.45, 7) is 14.4. The molecule has 4 aliphatic heterocycles. The van der Waals surface area contributed by atoms with Crippen LogP contribution in [0.15, 0.2) is 160 Å². The molecule has 4 saturated heterocycles. The standard InChI is InChI=1S/C24H30N8O2S.C23H27ClN8O2S.2C23H28N8O2S/c1-15-6-5-7-17-12-19(16(2)29-23-21-22(26-13-25-21)27-14-28-23)30-24(20(15)17)31(3)18-8-10-32(11-9-18)35(4,33)34;1-14(29-22-20-21(26-12-25-20)27-13-28-22)18-11-15-5-4-6-17(24)19(15)23(30-18)31(2)16-7-9-32(10-8-16)35(3,33)34;2*1-15(28-22-20-21(25-13-24-20)26-14-27-22)19-12-16-6-4-5-7-18(16)23(29-19)30(2)17-8-10-31(11-9-17)34(3,32)33/h5-7,12-14,16,18H,8-11H2,1-4H3,(H2,25,26,27,28,29);4-6,11-14,16H,7-10H2,1-3H3,(H2,25,26,27,28,29);2*4-7,12-15,17H,8-11H2,1-3H3,(H2,24,25,26,27,28). The Morgan fingerprint density at radius 1 is 0.333 bits per heavy atom. The average Bonchev–Trinajstić information content (AvgIpc) is 0.947. The zero-order valence-electron chi connectivity index (χ0n) is 79.0. The number of fused-ring (bicyclic) bond motifs is 8. The smallest absolute Gasteiger partial charge is 0.211 e. The zero-order chi connectivity index (χ0) is 97.2. The van der Waals surface area contributed by atoms with Crippen molar-refractivity contribution in [1.82, 2.24) is 117 Å². The van der Waals surface area contributed by atoms with Crippen molar-refractivity contribution in [3.8, 4) is 0 Å². The highest BCUT2D eigenvalue weighted by molar-refractivity contribution is 7.89. The number of aromatic amines is 4. The first-order valence-electron chi connectivity index (χ1n) is 45.7. The Balaban J connectivity index is 0.000000127. The molecule has 138 heavy (non-hydrogen) atoms. The van der Waals surface area contributed by atoms with E-state index in [4.69, 9.17) is 31.5 Å². The fourth-order valence-corrected chi connectivity index (χ4v) is 22.4. The van der Waals surface area contributed by atoms with E-state index in [1.807, 2.05) is 62.5 Å². The van der Waals surface area contributed by atoms with Gasteiger partial charge in [0.1, 0.15) is 70.6 Å². The van der Waals surface area contributed by atoms with Crippen molar-refractivity contribution < 1.29 is 33.7 Å². The first-order valence-corrected chi connectivity index (χ1v) is 53.5. The molecule has 4 fully saturated rings. The Morgan fingerprint density at radius 3 is 0.891 bits per heavy atom. The van der Waals surface area contributed by atoms with Gasteiger partial charge in [-0.05, 0) is 143 Å². The first-order chi connectivity index (χ1) is 66.1. The quantitative estimate of drug-likeness (QED) is 0.0278. The van der Waals surface area contributed by atoms with Gasteiger partial charge in [0.25, 0.3) is 0 Å². The van der Waals surface area contributed by atoms with Crippen molar-refractivity contribution in [2.24, 2.45) is 0 Å². The van der Waals surface area contributed by atoms with Crippen molar-refractivity contribution in [2.75, 3.05) is 146 Å². The molecule has 0 radical (unpaired) electrons. The van der Waals surface area contributed by atoms with E-state index < -0.39 is 40.1 Å². The van der Waals surface area contributed by atoms with Gasteiger partial charge in [0.15, 0.2) is 45.9 Å². The summed E-state index contributed by atoms with van der Waals surface area (Å²) in [4.78, 5) is 92.5. The minimum atomic E-state index is -3.19. The molecule has 20 rings (SSSR count). The topological polar surface area (TPSA) is 480 Å². The third-order valence-electron chi connectivity index (χ3n) is 26.5. The van der Waals surface area contributed by atoms with Gasteiger partial charge < -0.3 is 60.8 Å². The number of halogens is 1.